The van der Waals surface area contributed by atoms with Gasteiger partial charge in [-0.25, -0.2) is 8.42 Å². The Hall–Kier alpha value is -0.950. The van der Waals surface area contributed by atoms with E-state index in [1.54, 1.807) is 29.6 Å². The number of sulfonamides is 1. The van der Waals surface area contributed by atoms with Gasteiger partial charge in [0.25, 0.3) is 0 Å². The SMILES string of the molecule is COCC1CCCN(S(=O)(=O)c2cccc(C(C)N)c2)C1. The molecule has 2 atom stereocenters. The van der Waals surface area contributed by atoms with Crippen LogP contribution in [0.25, 0.3) is 0 Å². The molecule has 0 aromatic heterocycles. The smallest absolute Gasteiger partial charge is 0.243 e. The van der Waals surface area contributed by atoms with E-state index in [0.29, 0.717) is 24.6 Å². The molecule has 1 fully saturated rings. The van der Waals surface area contributed by atoms with Crippen molar-refractivity contribution in [2.75, 3.05) is 26.8 Å². The lowest BCUT2D eigenvalue weighted by Crippen LogP contribution is -2.41. The number of methoxy groups -OCH3 is 1. The monoisotopic (exact) mass is 312 g/mol. The predicted octanol–water partition coefficient (Wildman–Crippen LogP) is 1.75. The van der Waals surface area contributed by atoms with Gasteiger partial charge in [-0.2, -0.15) is 4.31 Å². The first-order valence-corrected chi connectivity index (χ1v) is 8.73. The summed E-state index contributed by atoms with van der Waals surface area (Å²) in [6, 6.07) is 6.75. The lowest BCUT2D eigenvalue weighted by molar-refractivity contribution is 0.118. The third-order valence-electron chi connectivity index (χ3n) is 3.91. The molecule has 118 valence electrons. The fourth-order valence-corrected chi connectivity index (χ4v) is 4.33. The molecule has 2 rings (SSSR count). The van der Waals surface area contributed by atoms with Crippen LogP contribution in [0.2, 0.25) is 0 Å². The minimum absolute atomic E-state index is 0.178. The van der Waals surface area contributed by atoms with E-state index in [1.165, 1.54) is 0 Å². The molecule has 0 saturated carbocycles. The van der Waals surface area contributed by atoms with Gasteiger partial charge in [-0.05, 0) is 43.4 Å². The Bertz CT molecular complexity index is 570. The molecule has 1 aromatic rings. The number of rotatable bonds is 5. The molecule has 1 saturated heterocycles. The molecule has 5 nitrogen and oxygen atoms in total. The Kier molecular flexibility index (Phi) is 5.37. The summed E-state index contributed by atoms with van der Waals surface area (Å²) in [5.41, 5.74) is 6.68. The van der Waals surface area contributed by atoms with Crippen molar-refractivity contribution < 1.29 is 13.2 Å². The second kappa shape index (κ2) is 6.87. The van der Waals surface area contributed by atoms with Crippen LogP contribution in [0.1, 0.15) is 31.4 Å². The quantitative estimate of drug-likeness (QED) is 0.899. The highest BCUT2D eigenvalue weighted by molar-refractivity contribution is 7.89. The molecule has 2 N–H and O–H groups in total. The van der Waals surface area contributed by atoms with Crippen LogP contribution in [-0.4, -0.2) is 39.5 Å². The van der Waals surface area contributed by atoms with Crippen LogP contribution in [-0.2, 0) is 14.8 Å². The highest BCUT2D eigenvalue weighted by Crippen LogP contribution is 2.25. The third kappa shape index (κ3) is 3.83. The summed E-state index contributed by atoms with van der Waals surface area (Å²) in [6.45, 7) is 3.55. The van der Waals surface area contributed by atoms with E-state index < -0.39 is 10.0 Å². The van der Waals surface area contributed by atoms with Gasteiger partial charge in [0.15, 0.2) is 0 Å². The first-order valence-electron chi connectivity index (χ1n) is 7.29. The molecule has 1 aliphatic heterocycles. The highest BCUT2D eigenvalue weighted by Gasteiger charge is 2.30. The fourth-order valence-electron chi connectivity index (χ4n) is 2.72. The van der Waals surface area contributed by atoms with Crippen LogP contribution in [0.5, 0.6) is 0 Å². The Balaban J connectivity index is 2.23. The first kappa shape index (κ1) is 16.4. The van der Waals surface area contributed by atoms with Crippen LogP contribution in [0.4, 0.5) is 0 Å². The van der Waals surface area contributed by atoms with E-state index in [2.05, 4.69) is 0 Å². The first-order chi connectivity index (χ1) is 9.95. The van der Waals surface area contributed by atoms with Crippen LogP contribution >= 0.6 is 0 Å². The van der Waals surface area contributed by atoms with E-state index in [4.69, 9.17) is 10.5 Å². The van der Waals surface area contributed by atoms with Gasteiger partial charge >= 0.3 is 0 Å². The van der Waals surface area contributed by atoms with Gasteiger partial charge in [-0.1, -0.05) is 12.1 Å². The zero-order chi connectivity index (χ0) is 15.5. The molecular formula is C15H24N2O3S. The second-order valence-corrected chi connectivity index (χ2v) is 7.63. The number of hydrogen-bond acceptors (Lipinski definition) is 4. The van der Waals surface area contributed by atoms with Crippen molar-refractivity contribution in [3.63, 3.8) is 0 Å². The van der Waals surface area contributed by atoms with Crippen LogP contribution in [0.15, 0.2) is 29.2 Å². The van der Waals surface area contributed by atoms with Crippen LogP contribution < -0.4 is 5.73 Å². The molecule has 0 aliphatic carbocycles. The van der Waals surface area contributed by atoms with Crippen molar-refractivity contribution >= 4 is 10.0 Å². The normalized spacial score (nSPS) is 22.1. The summed E-state index contributed by atoms with van der Waals surface area (Å²) in [5.74, 6) is 0.273. The number of ether oxygens (including phenoxy) is 1. The van der Waals surface area contributed by atoms with Crippen molar-refractivity contribution in [3.05, 3.63) is 29.8 Å². The Morgan fingerprint density at radius 2 is 2.24 bits per heavy atom. The highest BCUT2D eigenvalue weighted by atomic mass is 32.2. The minimum atomic E-state index is -3.45. The number of piperidine rings is 1. The number of nitrogens with zero attached hydrogens (tertiary/aromatic N) is 1. The number of benzene rings is 1. The lowest BCUT2D eigenvalue weighted by atomic mass is 10.0. The maximum absolute atomic E-state index is 12.8. The number of hydrogen-bond donors (Lipinski definition) is 1. The second-order valence-electron chi connectivity index (χ2n) is 5.69. The molecule has 6 heteroatoms. The van der Waals surface area contributed by atoms with Crippen LogP contribution in [0, 0.1) is 5.92 Å². The summed E-state index contributed by atoms with van der Waals surface area (Å²) < 4.78 is 32.2. The van der Waals surface area contributed by atoms with E-state index in [-0.39, 0.29) is 12.0 Å². The van der Waals surface area contributed by atoms with Gasteiger partial charge in [0.1, 0.15) is 0 Å². The van der Waals surface area contributed by atoms with Crippen molar-refractivity contribution in [1.29, 1.82) is 0 Å². The van der Waals surface area contributed by atoms with E-state index in [0.717, 1.165) is 18.4 Å². The standard InChI is InChI=1S/C15H24N2O3S/c1-12(16)14-6-3-7-15(9-14)21(18,19)17-8-4-5-13(10-17)11-20-2/h3,6-7,9,12-13H,4-5,8,10-11,16H2,1-2H3. The zero-order valence-corrected chi connectivity index (χ0v) is 13.5. The summed E-state index contributed by atoms with van der Waals surface area (Å²) in [7, 11) is -1.79. The van der Waals surface area contributed by atoms with Gasteiger partial charge < -0.3 is 10.5 Å². The largest absolute Gasteiger partial charge is 0.384 e. The maximum Gasteiger partial charge on any atom is 0.243 e. The van der Waals surface area contributed by atoms with Crippen molar-refractivity contribution in [2.24, 2.45) is 11.7 Å². The summed E-state index contributed by atoms with van der Waals surface area (Å²) in [4.78, 5) is 0.329. The van der Waals surface area contributed by atoms with Gasteiger partial charge in [-0.15, -0.1) is 0 Å². The minimum Gasteiger partial charge on any atom is -0.384 e. The molecule has 0 bridgehead atoms. The van der Waals surface area contributed by atoms with Gasteiger partial charge in [0.05, 0.1) is 11.5 Å². The average Bonchev–Trinajstić information content (AvgIpc) is 2.48. The lowest BCUT2D eigenvalue weighted by Gasteiger charge is -2.31. The molecule has 0 spiro atoms. The zero-order valence-electron chi connectivity index (χ0n) is 12.7. The van der Waals surface area contributed by atoms with Crippen LogP contribution in [0.3, 0.4) is 0 Å². The van der Waals surface area contributed by atoms with Crippen molar-refractivity contribution in [3.8, 4) is 0 Å². The van der Waals surface area contributed by atoms with Crippen molar-refractivity contribution in [2.45, 2.75) is 30.7 Å². The Labute approximate surface area is 127 Å². The molecule has 0 radical (unpaired) electrons. The molecule has 1 aromatic carbocycles. The number of nitrogens with two attached hydrogens (primary N) is 1. The van der Waals surface area contributed by atoms with Gasteiger partial charge in [-0.3, -0.25) is 0 Å². The molecule has 1 aliphatic rings. The van der Waals surface area contributed by atoms with Crippen molar-refractivity contribution in [1.82, 2.24) is 4.31 Å². The molecule has 0 amide bonds. The van der Waals surface area contributed by atoms with Gasteiger partial charge in [0.2, 0.25) is 10.0 Å². The van der Waals surface area contributed by atoms with E-state index in [9.17, 15) is 8.42 Å². The molecule has 2 unspecified atom stereocenters. The summed E-state index contributed by atoms with van der Waals surface area (Å²) >= 11 is 0. The average molecular weight is 312 g/mol. The molecular weight excluding hydrogens is 288 g/mol. The summed E-state index contributed by atoms with van der Waals surface area (Å²) in [5, 5.41) is 0. The summed E-state index contributed by atoms with van der Waals surface area (Å²) in [6.07, 6.45) is 1.89. The Morgan fingerprint density at radius 1 is 1.48 bits per heavy atom. The van der Waals surface area contributed by atoms with E-state index >= 15 is 0 Å². The molecule has 21 heavy (non-hydrogen) atoms. The topological polar surface area (TPSA) is 72.6 Å². The van der Waals surface area contributed by atoms with E-state index in [1.807, 2.05) is 13.0 Å². The maximum atomic E-state index is 12.8. The molecule has 1 heterocycles. The third-order valence-corrected chi connectivity index (χ3v) is 5.77. The fraction of sp³-hybridized carbons (Fsp3) is 0.600. The predicted molar refractivity (Wildman–Crippen MR) is 82.4 cm³/mol. The van der Waals surface area contributed by atoms with Gasteiger partial charge in [0, 0.05) is 26.2 Å². The Morgan fingerprint density at radius 3 is 2.90 bits per heavy atom.